The van der Waals surface area contributed by atoms with E-state index >= 15 is 0 Å². The molecule has 0 atom stereocenters. The van der Waals surface area contributed by atoms with Crippen molar-refractivity contribution in [1.29, 1.82) is 0 Å². The number of halogens is 1. The second-order valence-corrected chi connectivity index (χ2v) is 5.53. The predicted octanol–water partition coefficient (Wildman–Crippen LogP) is 2.56. The molecular weight excluding hydrogens is 296 g/mol. The van der Waals surface area contributed by atoms with Gasteiger partial charge in [0, 0.05) is 20.1 Å². The number of hydrogen-bond donors (Lipinski definition) is 0. The van der Waals surface area contributed by atoms with E-state index in [0.29, 0.717) is 11.1 Å². The van der Waals surface area contributed by atoms with Crippen LogP contribution in [0.4, 0.5) is 5.95 Å². The van der Waals surface area contributed by atoms with Crippen LogP contribution in [0.2, 0.25) is 5.28 Å². The van der Waals surface area contributed by atoms with Crippen molar-refractivity contribution >= 4 is 29.3 Å². The zero-order valence-electron chi connectivity index (χ0n) is 12.0. The standard InChI is InChI=1S/C12H17ClN6S/c1-5-19(6-2)11-14-10(13)15-12(16-11)20-9-7-8(3)17-18(9)4/h7H,5-6H2,1-4H3. The first kappa shape index (κ1) is 15.1. The largest absolute Gasteiger partial charge is 0.341 e. The molecule has 0 unspecified atom stereocenters. The summed E-state index contributed by atoms with van der Waals surface area (Å²) in [7, 11) is 1.89. The quantitative estimate of drug-likeness (QED) is 0.845. The maximum Gasteiger partial charge on any atom is 0.230 e. The molecule has 6 nitrogen and oxygen atoms in total. The molecule has 0 saturated heterocycles. The Hall–Kier alpha value is -1.34. The number of anilines is 1. The highest BCUT2D eigenvalue weighted by molar-refractivity contribution is 7.99. The Labute approximate surface area is 127 Å². The highest BCUT2D eigenvalue weighted by Crippen LogP contribution is 2.26. The van der Waals surface area contributed by atoms with E-state index in [4.69, 9.17) is 11.6 Å². The van der Waals surface area contributed by atoms with Gasteiger partial charge >= 0.3 is 0 Å². The lowest BCUT2D eigenvalue weighted by molar-refractivity contribution is 0.690. The van der Waals surface area contributed by atoms with Crippen molar-refractivity contribution in [3.8, 4) is 0 Å². The summed E-state index contributed by atoms with van der Waals surface area (Å²) in [6.07, 6.45) is 0. The van der Waals surface area contributed by atoms with Gasteiger partial charge in [-0.25, -0.2) is 0 Å². The van der Waals surface area contributed by atoms with Crippen molar-refractivity contribution in [2.45, 2.75) is 31.0 Å². The van der Waals surface area contributed by atoms with E-state index in [2.05, 4.69) is 33.9 Å². The van der Waals surface area contributed by atoms with Crippen LogP contribution in [0.3, 0.4) is 0 Å². The molecule has 0 saturated carbocycles. The maximum absolute atomic E-state index is 5.99. The number of rotatable bonds is 5. The molecule has 0 aliphatic rings. The van der Waals surface area contributed by atoms with Crippen molar-refractivity contribution < 1.29 is 0 Å². The minimum absolute atomic E-state index is 0.211. The molecule has 0 aliphatic heterocycles. The van der Waals surface area contributed by atoms with E-state index in [1.807, 2.05) is 24.9 Å². The van der Waals surface area contributed by atoms with Gasteiger partial charge in [-0.15, -0.1) is 0 Å². The van der Waals surface area contributed by atoms with Gasteiger partial charge in [0.25, 0.3) is 0 Å². The third-order valence-corrected chi connectivity index (χ3v) is 3.90. The predicted molar refractivity (Wildman–Crippen MR) is 80.5 cm³/mol. The fourth-order valence-corrected chi connectivity index (χ4v) is 2.85. The summed E-state index contributed by atoms with van der Waals surface area (Å²) in [4.78, 5) is 14.8. The third-order valence-electron chi connectivity index (χ3n) is 2.78. The molecule has 20 heavy (non-hydrogen) atoms. The fourth-order valence-electron chi connectivity index (χ4n) is 1.79. The molecule has 0 aromatic carbocycles. The lowest BCUT2D eigenvalue weighted by atomic mass is 10.5. The maximum atomic E-state index is 5.99. The summed E-state index contributed by atoms with van der Waals surface area (Å²) in [5, 5.41) is 6.06. The molecule has 0 fully saturated rings. The van der Waals surface area contributed by atoms with Gasteiger partial charge in [-0.2, -0.15) is 20.1 Å². The molecule has 0 N–H and O–H groups in total. The average Bonchev–Trinajstić information content (AvgIpc) is 2.68. The molecule has 2 aromatic heterocycles. The number of nitrogens with zero attached hydrogens (tertiary/aromatic N) is 6. The number of aryl methyl sites for hydroxylation is 2. The number of aromatic nitrogens is 5. The topological polar surface area (TPSA) is 59.7 Å². The van der Waals surface area contributed by atoms with E-state index in [1.165, 1.54) is 11.8 Å². The summed E-state index contributed by atoms with van der Waals surface area (Å²) >= 11 is 7.42. The van der Waals surface area contributed by atoms with Gasteiger partial charge < -0.3 is 4.90 Å². The summed E-state index contributed by atoms with van der Waals surface area (Å²) in [6, 6.07) is 1.99. The van der Waals surface area contributed by atoms with Crippen LogP contribution in [0.1, 0.15) is 19.5 Å². The fraction of sp³-hybridized carbons (Fsp3) is 0.500. The highest BCUT2D eigenvalue weighted by atomic mass is 35.5. The molecule has 0 aliphatic carbocycles. The summed E-state index contributed by atoms with van der Waals surface area (Å²) in [6.45, 7) is 7.71. The monoisotopic (exact) mass is 312 g/mol. The third kappa shape index (κ3) is 3.40. The van der Waals surface area contributed by atoms with E-state index in [0.717, 1.165) is 23.8 Å². The van der Waals surface area contributed by atoms with Crippen LogP contribution in [-0.4, -0.2) is 37.8 Å². The molecular formula is C12H17ClN6S. The molecule has 0 amide bonds. The molecule has 8 heteroatoms. The lowest BCUT2D eigenvalue weighted by Crippen LogP contribution is -2.24. The van der Waals surface area contributed by atoms with Gasteiger partial charge in [0.2, 0.25) is 11.2 Å². The van der Waals surface area contributed by atoms with E-state index < -0.39 is 0 Å². The first-order valence-electron chi connectivity index (χ1n) is 6.38. The van der Waals surface area contributed by atoms with Gasteiger partial charge in [0.05, 0.1) is 5.69 Å². The van der Waals surface area contributed by atoms with Gasteiger partial charge in [0.15, 0.2) is 5.16 Å². The molecule has 2 rings (SSSR count). The first-order valence-corrected chi connectivity index (χ1v) is 7.58. The van der Waals surface area contributed by atoms with Crippen LogP contribution in [-0.2, 0) is 7.05 Å². The molecule has 0 bridgehead atoms. The lowest BCUT2D eigenvalue weighted by Gasteiger charge is -2.18. The zero-order valence-corrected chi connectivity index (χ0v) is 13.5. The van der Waals surface area contributed by atoms with Crippen LogP contribution in [0.25, 0.3) is 0 Å². The van der Waals surface area contributed by atoms with Gasteiger partial charge in [0.1, 0.15) is 5.03 Å². The van der Waals surface area contributed by atoms with Crippen molar-refractivity contribution in [1.82, 2.24) is 24.7 Å². The molecule has 2 heterocycles. The SMILES string of the molecule is CCN(CC)c1nc(Cl)nc(Sc2cc(C)nn2C)n1. The van der Waals surface area contributed by atoms with Crippen LogP contribution in [0, 0.1) is 6.92 Å². The molecule has 108 valence electrons. The van der Waals surface area contributed by atoms with E-state index in [1.54, 1.807) is 4.68 Å². The van der Waals surface area contributed by atoms with Crippen molar-refractivity contribution in [3.63, 3.8) is 0 Å². The average molecular weight is 313 g/mol. The van der Waals surface area contributed by atoms with Crippen molar-refractivity contribution in [3.05, 3.63) is 17.0 Å². The Morgan fingerprint density at radius 2 is 1.95 bits per heavy atom. The minimum atomic E-state index is 0.211. The van der Waals surface area contributed by atoms with Crippen LogP contribution >= 0.6 is 23.4 Å². The zero-order chi connectivity index (χ0) is 14.7. The van der Waals surface area contributed by atoms with E-state index in [9.17, 15) is 0 Å². The summed E-state index contributed by atoms with van der Waals surface area (Å²) in [5.41, 5.74) is 0.958. The molecule has 0 radical (unpaired) electrons. The Morgan fingerprint density at radius 1 is 1.25 bits per heavy atom. The molecule has 2 aromatic rings. The van der Waals surface area contributed by atoms with Crippen molar-refractivity contribution in [2.24, 2.45) is 7.05 Å². The summed E-state index contributed by atoms with van der Waals surface area (Å²) in [5.74, 6) is 0.608. The van der Waals surface area contributed by atoms with Crippen LogP contribution in [0.5, 0.6) is 0 Å². The van der Waals surface area contributed by atoms with E-state index in [-0.39, 0.29) is 5.28 Å². The van der Waals surface area contributed by atoms with Gasteiger partial charge in [-0.05, 0) is 50.2 Å². The first-order chi connectivity index (χ1) is 9.53. The van der Waals surface area contributed by atoms with Crippen molar-refractivity contribution in [2.75, 3.05) is 18.0 Å². The Balaban J connectivity index is 2.30. The van der Waals surface area contributed by atoms with Crippen LogP contribution in [0.15, 0.2) is 16.2 Å². The Bertz CT molecular complexity index is 596. The smallest absolute Gasteiger partial charge is 0.230 e. The van der Waals surface area contributed by atoms with Gasteiger partial charge in [-0.3, -0.25) is 4.68 Å². The minimum Gasteiger partial charge on any atom is -0.341 e. The summed E-state index contributed by atoms with van der Waals surface area (Å²) < 4.78 is 1.80. The normalized spacial score (nSPS) is 10.8. The Morgan fingerprint density at radius 3 is 2.50 bits per heavy atom. The highest BCUT2D eigenvalue weighted by Gasteiger charge is 2.13. The van der Waals surface area contributed by atoms with Gasteiger partial charge in [-0.1, -0.05) is 0 Å². The number of hydrogen-bond acceptors (Lipinski definition) is 6. The van der Waals surface area contributed by atoms with Crippen LogP contribution < -0.4 is 4.90 Å². The Kier molecular flexibility index (Phi) is 4.82. The second-order valence-electron chi connectivity index (χ2n) is 4.21. The second kappa shape index (κ2) is 6.41. The molecule has 0 spiro atoms.